The number of nitrogens with zero attached hydrogens (tertiary/aromatic N) is 1. The van der Waals surface area contributed by atoms with Gasteiger partial charge in [0.25, 0.3) is 0 Å². The fourth-order valence-electron chi connectivity index (χ4n) is 2.67. The van der Waals surface area contributed by atoms with Gasteiger partial charge in [-0.05, 0) is 20.4 Å². The number of carbonyl (C=O) groups excluding carboxylic acids is 1. The monoisotopic (exact) mass is 226 g/mol. The van der Waals surface area contributed by atoms with Crippen LogP contribution in [0.4, 0.5) is 0 Å². The highest BCUT2D eigenvalue weighted by molar-refractivity contribution is 5.73. The molecule has 0 saturated carbocycles. The van der Waals surface area contributed by atoms with Crippen molar-refractivity contribution in [3.05, 3.63) is 0 Å². The number of esters is 1. The van der Waals surface area contributed by atoms with Crippen LogP contribution < -0.4 is 5.32 Å². The Balaban J connectivity index is 2.00. The van der Waals surface area contributed by atoms with E-state index in [1.165, 1.54) is 0 Å². The molecule has 0 aromatic heterocycles. The number of hydrogen-bond acceptors (Lipinski definition) is 4. The SMILES string of the molecule is CCN(CC1OC(=O)CC12CNC2)C(C)C. The van der Waals surface area contributed by atoms with Crippen LogP contribution in [0.1, 0.15) is 27.2 Å². The highest BCUT2D eigenvalue weighted by Gasteiger charge is 2.53. The molecule has 2 saturated heterocycles. The molecule has 1 unspecified atom stereocenters. The molecule has 0 aromatic carbocycles. The van der Waals surface area contributed by atoms with Crippen LogP contribution in [0, 0.1) is 5.41 Å². The number of carbonyl (C=O) groups is 1. The first kappa shape index (κ1) is 11.9. The smallest absolute Gasteiger partial charge is 0.306 e. The van der Waals surface area contributed by atoms with E-state index in [1.54, 1.807) is 0 Å². The number of hydrogen-bond donors (Lipinski definition) is 1. The van der Waals surface area contributed by atoms with Gasteiger partial charge in [0.2, 0.25) is 0 Å². The lowest BCUT2D eigenvalue weighted by atomic mass is 9.75. The second-order valence-electron chi connectivity index (χ2n) is 5.30. The molecule has 16 heavy (non-hydrogen) atoms. The van der Waals surface area contributed by atoms with Gasteiger partial charge in [0.1, 0.15) is 6.10 Å². The maximum absolute atomic E-state index is 11.4. The first-order valence-corrected chi connectivity index (χ1v) is 6.21. The van der Waals surface area contributed by atoms with Crippen molar-refractivity contribution in [3.63, 3.8) is 0 Å². The zero-order valence-corrected chi connectivity index (χ0v) is 10.5. The zero-order chi connectivity index (χ0) is 11.8. The Morgan fingerprint density at radius 1 is 1.56 bits per heavy atom. The second kappa shape index (κ2) is 4.34. The summed E-state index contributed by atoms with van der Waals surface area (Å²) in [5.74, 6) is -0.0219. The minimum atomic E-state index is -0.0219. The maximum Gasteiger partial charge on any atom is 0.306 e. The Kier molecular flexibility index (Phi) is 3.22. The number of cyclic esters (lactones) is 1. The predicted molar refractivity (Wildman–Crippen MR) is 62.2 cm³/mol. The standard InChI is InChI=1S/C12H22N2O2/c1-4-14(9(2)3)6-10-12(7-13-8-12)5-11(15)16-10/h9-10,13H,4-8H2,1-3H3. The van der Waals surface area contributed by atoms with Crippen LogP contribution in [0.2, 0.25) is 0 Å². The molecule has 1 N–H and O–H groups in total. The molecule has 0 radical (unpaired) electrons. The van der Waals surface area contributed by atoms with Crippen molar-refractivity contribution in [3.8, 4) is 0 Å². The summed E-state index contributed by atoms with van der Waals surface area (Å²) >= 11 is 0. The molecule has 2 rings (SSSR count). The minimum Gasteiger partial charge on any atom is -0.460 e. The largest absolute Gasteiger partial charge is 0.460 e. The quantitative estimate of drug-likeness (QED) is 0.714. The van der Waals surface area contributed by atoms with Gasteiger partial charge in [-0.3, -0.25) is 9.69 Å². The van der Waals surface area contributed by atoms with E-state index in [1.807, 2.05) is 0 Å². The fourth-order valence-corrected chi connectivity index (χ4v) is 2.67. The average Bonchev–Trinajstić information content (AvgIpc) is 2.50. The summed E-state index contributed by atoms with van der Waals surface area (Å²) in [5.41, 5.74) is 0.0966. The Hall–Kier alpha value is -0.610. The molecule has 4 heteroatoms. The van der Waals surface area contributed by atoms with E-state index in [2.05, 4.69) is 31.0 Å². The van der Waals surface area contributed by atoms with E-state index in [9.17, 15) is 4.79 Å². The van der Waals surface area contributed by atoms with Crippen LogP contribution in [0.25, 0.3) is 0 Å². The van der Waals surface area contributed by atoms with Gasteiger partial charge in [0.05, 0.1) is 6.42 Å². The van der Waals surface area contributed by atoms with Crippen LogP contribution in [0.15, 0.2) is 0 Å². The van der Waals surface area contributed by atoms with Gasteiger partial charge in [-0.15, -0.1) is 0 Å². The van der Waals surface area contributed by atoms with Crippen molar-refractivity contribution in [1.29, 1.82) is 0 Å². The van der Waals surface area contributed by atoms with E-state index >= 15 is 0 Å². The van der Waals surface area contributed by atoms with E-state index < -0.39 is 0 Å². The lowest BCUT2D eigenvalue weighted by molar-refractivity contribution is -0.142. The summed E-state index contributed by atoms with van der Waals surface area (Å²) in [5, 5.41) is 3.26. The van der Waals surface area contributed by atoms with Crippen LogP contribution in [-0.4, -0.2) is 49.2 Å². The summed E-state index contributed by atoms with van der Waals surface area (Å²) in [6, 6.07) is 0.509. The lowest BCUT2D eigenvalue weighted by Gasteiger charge is -2.43. The molecule has 2 heterocycles. The molecule has 0 bridgehead atoms. The molecular formula is C12H22N2O2. The molecular weight excluding hydrogens is 204 g/mol. The highest BCUT2D eigenvalue weighted by atomic mass is 16.6. The molecule has 1 atom stereocenters. The Bertz CT molecular complexity index is 274. The van der Waals surface area contributed by atoms with Crippen molar-refractivity contribution in [1.82, 2.24) is 10.2 Å². The van der Waals surface area contributed by atoms with Gasteiger partial charge in [-0.2, -0.15) is 0 Å². The summed E-state index contributed by atoms with van der Waals surface area (Å²) in [6.45, 7) is 10.3. The van der Waals surface area contributed by atoms with E-state index in [0.717, 1.165) is 26.2 Å². The van der Waals surface area contributed by atoms with Gasteiger partial charge in [-0.1, -0.05) is 6.92 Å². The van der Waals surface area contributed by atoms with Crippen LogP contribution in [0.5, 0.6) is 0 Å². The zero-order valence-electron chi connectivity index (χ0n) is 10.5. The lowest BCUT2D eigenvalue weighted by Crippen LogP contribution is -2.60. The molecule has 0 aliphatic carbocycles. The average molecular weight is 226 g/mol. The predicted octanol–water partition coefficient (Wildman–Crippen LogP) is 0.622. The van der Waals surface area contributed by atoms with Gasteiger partial charge in [-0.25, -0.2) is 0 Å². The number of ether oxygens (including phenoxy) is 1. The van der Waals surface area contributed by atoms with Crippen molar-refractivity contribution in [2.75, 3.05) is 26.2 Å². The number of likely N-dealkylation sites (N-methyl/N-ethyl adjacent to an activating group) is 1. The van der Waals surface area contributed by atoms with Crippen LogP contribution >= 0.6 is 0 Å². The van der Waals surface area contributed by atoms with E-state index in [4.69, 9.17) is 4.74 Å². The van der Waals surface area contributed by atoms with Gasteiger partial charge in [0, 0.05) is 31.1 Å². The molecule has 2 fully saturated rings. The first-order chi connectivity index (χ1) is 7.57. The molecule has 4 nitrogen and oxygen atoms in total. The van der Waals surface area contributed by atoms with Crippen molar-refractivity contribution in [2.45, 2.75) is 39.3 Å². The van der Waals surface area contributed by atoms with E-state index in [0.29, 0.717) is 12.5 Å². The Labute approximate surface area is 97.3 Å². The topological polar surface area (TPSA) is 41.6 Å². The minimum absolute atomic E-state index is 0.0219. The number of nitrogens with one attached hydrogen (secondary N) is 1. The normalized spacial score (nSPS) is 27.6. The second-order valence-corrected chi connectivity index (χ2v) is 5.30. The maximum atomic E-state index is 11.4. The molecule has 0 amide bonds. The third-order valence-corrected chi connectivity index (χ3v) is 3.94. The summed E-state index contributed by atoms with van der Waals surface area (Å²) < 4.78 is 5.48. The van der Waals surface area contributed by atoms with Gasteiger partial charge in [0.15, 0.2) is 0 Å². The van der Waals surface area contributed by atoms with Gasteiger partial charge < -0.3 is 10.1 Å². The molecule has 92 valence electrons. The first-order valence-electron chi connectivity index (χ1n) is 6.21. The van der Waals surface area contributed by atoms with Crippen molar-refractivity contribution < 1.29 is 9.53 Å². The molecule has 2 aliphatic heterocycles. The van der Waals surface area contributed by atoms with Crippen LogP contribution in [0.3, 0.4) is 0 Å². The fraction of sp³-hybridized carbons (Fsp3) is 0.917. The van der Waals surface area contributed by atoms with E-state index in [-0.39, 0.29) is 17.5 Å². The summed E-state index contributed by atoms with van der Waals surface area (Å²) in [7, 11) is 0. The Morgan fingerprint density at radius 2 is 2.25 bits per heavy atom. The highest BCUT2D eigenvalue weighted by Crippen LogP contribution is 2.39. The van der Waals surface area contributed by atoms with Crippen molar-refractivity contribution in [2.24, 2.45) is 5.41 Å². The van der Waals surface area contributed by atoms with Crippen LogP contribution in [-0.2, 0) is 9.53 Å². The number of rotatable bonds is 4. The summed E-state index contributed by atoms with van der Waals surface area (Å²) in [4.78, 5) is 13.8. The molecule has 0 aromatic rings. The third kappa shape index (κ3) is 1.96. The molecule has 2 aliphatic rings. The van der Waals surface area contributed by atoms with Gasteiger partial charge >= 0.3 is 5.97 Å². The molecule has 1 spiro atoms. The third-order valence-electron chi connectivity index (χ3n) is 3.94. The Morgan fingerprint density at radius 3 is 2.69 bits per heavy atom. The summed E-state index contributed by atoms with van der Waals surface area (Å²) in [6.07, 6.45) is 0.684. The van der Waals surface area contributed by atoms with Crippen molar-refractivity contribution >= 4 is 5.97 Å².